The zero-order valence-corrected chi connectivity index (χ0v) is 12.0. The third-order valence-corrected chi connectivity index (χ3v) is 4.44. The highest BCUT2D eigenvalue weighted by Gasteiger charge is 2.15. The van der Waals surface area contributed by atoms with Crippen LogP contribution in [0.1, 0.15) is 17.5 Å². The summed E-state index contributed by atoms with van der Waals surface area (Å²) < 4.78 is 3.05. The number of aryl methyl sites for hydroxylation is 2. The lowest BCUT2D eigenvalue weighted by Crippen LogP contribution is -1.90. The first-order valence-electron chi connectivity index (χ1n) is 6.58. The number of hydrogen-bond donors (Lipinski definition) is 0. The molecule has 1 aromatic carbocycles. The molecular weight excluding hydrogens is 300 g/mol. The fourth-order valence-corrected chi connectivity index (χ4v) is 3.41. The molecule has 0 unspecified atom stereocenters. The lowest BCUT2D eigenvalue weighted by molar-refractivity contribution is 0.912. The van der Waals surface area contributed by atoms with Crippen molar-refractivity contribution in [3.63, 3.8) is 0 Å². The molecule has 0 aliphatic heterocycles. The molecule has 0 amide bonds. The molecule has 2 aromatic heterocycles. The van der Waals surface area contributed by atoms with E-state index in [9.17, 15) is 0 Å². The van der Waals surface area contributed by atoms with E-state index < -0.39 is 0 Å². The van der Waals surface area contributed by atoms with Gasteiger partial charge < -0.3 is 0 Å². The van der Waals surface area contributed by atoms with Crippen LogP contribution in [0.2, 0.25) is 0 Å². The summed E-state index contributed by atoms with van der Waals surface area (Å²) in [5.74, 6) is 1.01. The van der Waals surface area contributed by atoms with Crippen LogP contribution in [0.15, 0.2) is 47.2 Å². The summed E-state index contributed by atoms with van der Waals surface area (Å²) in [6.07, 6.45) is 5.77. The number of halogens is 1. The van der Waals surface area contributed by atoms with Crippen LogP contribution in [0, 0.1) is 0 Å². The standard InChI is InChI=1S/C16H13BrN2/c17-15-14-6-1-2-9-19(14)16(18-15)13-8-7-11-4-3-5-12(11)10-13/h1-2,6-10H,3-5H2. The number of nitrogens with zero attached hydrogens (tertiary/aromatic N) is 2. The smallest absolute Gasteiger partial charge is 0.145 e. The number of aromatic nitrogens is 2. The maximum absolute atomic E-state index is 4.67. The number of pyridine rings is 1. The minimum Gasteiger partial charge on any atom is -0.299 e. The SMILES string of the molecule is Brc1nc(-c2ccc3c(c2)CCC3)n2ccccc12. The highest BCUT2D eigenvalue weighted by molar-refractivity contribution is 9.10. The van der Waals surface area contributed by atoms with E-state index in [-0.39, 0.29) is 0 Å². The zero-order valence-electron chi connectivity index (χ0n) is 10.4. The van der Waals surface area contributed by atoms with Crippen LogP contribution >= 0.6 is 15.9 Å². The van der Waals surface area contributed by atoms with Crippen LogP contribution in [-0.2, 0) is 12.8 Å². The molecule has 0 saturated heterocycles. The van der Waals surface area contributed by atoms with Gasteiger partial charge in [0, 0.05) is 11.8 Å². The van der Waals surface area contributed by atoms with Gasteiger partial charge in [0.15, 0.2) is 0 Å². The minimum atomic E-state index is 0.906. The molecule has 3 aromatic rings. The molecule has 2 heterocycles. The maximum atomic E-state index is 4.67. The first-order chi connectivity index (χ1) is 9.33. The van der Waals surface area contributed by atoms with E-state index in [1.165, 1.54) is 36.0 Å². The Morgan fingerprint density at radius 1 is 1.05 bits per heavy atom. The minimum absolute atomic E-state index is 0.906. The van der Waals surface area contributed by atoms with Gasteiger partial charge in [-0.15, -0.1) is 0 Å². The molecule has 94 valence electrons. The number of rotatable bonds is 1. The maximum Gasteiger partial charge on any atom is 0.145 e. The van der Waals surface area contributed by atoms with Crippen molar-refractivity contribution in [1.82, 2.24) is 9.38 Å². The van der Waals surface area contributed by atoms with Gasteiger partial charge in [0.2, 0.25) is 0 Å². The normalized spacial score (nSPS) is 13.9. The fraction of sp³-hybridized carbons (Fsp3) is 0.188. The number of fused-ring (bicyclic) bond motifs is 2. The Labute approximate surface area is 120 Å². The molecule has 0 saturated carbocycles. The Bertz CT molecular complexity index is 774. The highest BCUT2D eigenvalue weighted by atomic mass is 79.9. The number of hydrogen-bond acceptors (Lipinski definition) is 1. The van der Waals surface area contributed by atoms with Gasteiger partial charge in [-0.2, -0.15) is 0 Å². The third-order valence-electron chi connectivity index (χ3n) is 3.86. The fourth-order valence-electron chi connectivity index (χ4n) is 2.91. The van der Waals surface area contributed by atoms with Crippen molar-refractivity contribution in [3.8, 4) is 11.4 Å². The number of imidazole rings is 1. The highest BCUT2D eigenvalue weighted by Crippen LogP contribution is 2.30. The predicted molar refractivity (Wildman–Crippen MR) is 80.4 cm³/mol. The zero-order chi connectivity index (χ0) is 12.8. The molecule has 0 bridgehead atoms. The average Bonchev–Trinajstić information content (AvgIpc) is 3.03. The summed E-state index contributed by atoms with van der Waals surface area (Å²) in [7, 11) is 0. The van der Waals surface area contributed by atoms with Crippen molar-refractivity contribution in [2.75, 3.05) is 0 Å². The second-order valence-electron chi connectivity index (χ2n) is 5.02. The van der Waals surface area contributed by atoms with E-state index in [1.54, 1.807) is 0 Å². The van der Waals surface area contributed by atoms with Crippen LogP contribution in [0.25, 0.3) is 16.9 Å². The van der Waals surface area contributed by atoms with Crippen molar-refractivity contribution in [1.29, 1.82) is 0 Å². The Balaban J connectivity index is 1.95. The molecule has 2 nitrogen and oxygen atoms in total. The summed E-state index contributed by atoms with van der Waals surface area (Å²) >= 11 is 3.55. The van der Waals surface area contributed by atoms with Crippen LogP contribution < -0.4 is 0 Å². The lowest BCUT2D eigenvalue weighted by Gasteiger charge is -2.04. The summed E-state index contributed by atoms with van der Waals surface area (Å²) in [5, 5.41) is 0. The summed E-state index contributed by atoms with van der Waals surface area (Å²) in [6, 6.07) is 12.9. The summed E-state index contributed by atoms with van der Waals surface area (Å²) in [6.45, 7) is 0. The summed E-state index contributed by atoms with van der Waals surface area (Å²) in [5.41, 5.74) is 5.30. The van der Waals surface area contributed by atoms with Crippen LogP contribution in [0.3, 0.4) is 0 Å². The first-order valence-corrected chi connectivity index (χ1v) is 7.37. The Hall–Kier alpha value is -1.61. The van der Waals surface area contributed by atoms with Crippen molar-refractivity contribution in [3.05, 3.63) is 58.3 Å². The molecule has 19 heavy (non-hydrogen) atoms. The molecular formula is C16H13BrN2. The Kier molecular flexibility index (Phi) is 2.49. The van der Waals surface area contributed by atoms with Gasteiger partial charge in [-0.3, -0.25) is 4.40 Å². The molecule has 1 aliphatic carbocycles. The van der Waals surface area contributed by atoms with Crippen molar-refractivity contribution in [2.45, 2.75) is 19.3 Å². The van der Waals surface area contributed by atoms with E-state index in [2.05, 4.69) is 55.8 Å². The van der Waals surface area contributed by atoms with Gasteiger partial charge in [0.25, 0.3) is 0 Å². The van der Waals surface area contributed by atoms with E-state index >= 15 is 0 Å². The van der Waals surface area contributed by atoms with E-state index in [0.29, 0.717) is 0 Å². The Morgan fingerprint density at radius 3 is 2.89 bits per heavy atom. The van der Waals surface area contributed by atoms with Gasteiger partial charge in [-0.05, 0) is 64.5 Å². The van der Waals surface area contributed by atoms with Crippen molar-refractivity contribution >= 4 is 21.4 Å². The first kappa shape index (κ1) is 11.2. The largest absolute Gasteiger partial charge is 0.299 e. The Morgan fingerprint density at radius 2 is 1.95 bits per heavy atom. The van der Waals surface area contributed by atoms with Gasteiger partial charge in [-0.25, -0.2) is 4.98 Å². The van der Waals surface area contributed by atoms with Gasteiger partial charge >= 0.3 is 0 Å². The second kappa shape index (κ2) is 4.20. The van der Waals surface area contributed by atoms with Crippen LogP contribution in [-0.4, -0.2) is 9.38 Å². The van der Waals surface area contributed by atoms with Gasteiger partial charge in [0.05, 0.1) is 5.52 Å². The van der Waals surface area contributed by atoms with E-state index in [0.717, 1.165) is 15.9 Å². The molecule has 3 heteroatoms. The average molecular weight is 313 g/mol. The van der Waals surface area contributed by atoms with Gasteiger partial charge in [-0.1, -0.05) is 18.2 Å². The van der Waals surface area contributed by atoms with E-state index in [1.807, 2.05) is 12.1 Å². The molecule has 0 radical (unpaired) electrons. The molecule has 1 aliphatic rings. The molecule has 0 fully saturated rings. The topological polar surface area (TPSA) is 17.3 Å². The van der Waals surface area contributed by atoms with Crippen molar-refractivity contribution in [2.24, 2.45) is 0 Å². The molecule has 0 atom stereocenters. The molecule has 0 spiro atoms. The van der Waals surface area contributed by atoms with Crippen LogP contribution in [0.4, 0.5) is 0 Å². The van der Waals surface area contributed by atoms with E-state index in [4.69, 9.17) is 0 Å². The third kappa shape index (κ3) is 1.72. The second-order valence-corrected chi connectivity index (χ2v) is 5.77. The molecule has 4 rings (SSSR count). The van der Waals surface area contributed by atoms with Crippen LogP contribution in [0.5, 0.6) is 0 Å². The predicted octanol–water partition coefficient (Wildman–Crippen LogP) is 4.25. The quantitative estimate of drug-likeness (QED) is 0.656. The molecule has 0 N–H and O–H groups in total. The number of benzene rings is 1. The van der Waals surface area contributed by atoms with Crippen molar-refractivity contribution < 1.29 is 0 Å². The van der Waals surface area contributed by atoms with Gasteiger partial charge in [0.1, 0.15) is 10.4 Å². The monoisotopic (exact) mass is 312 g/mol. The summed E-state index contributed by atoms with van der Waals surface area (Å²) in [4.78, 5) is 4.67. The lowest BCUT2D eigenvalue weighted by atomic mass is 10.1.